The maximum Gasteiger partial charge on any atom is 0.119 e. The minimum atomic E-state index is 0.103. The Kier molecular flexibility index (Phi) is 4.20. The summed E-state index contributed by atoms with van der Waals surface area (Å²) in [5.41, 5.74) is 16.7. The highest BCUT2D eigenvalue weighted by molar-refractivity contribution is 5.50. The molecule has 0 bridgehead atoms. The van der Waals surface area contributed by atoms with Gasteiger partial charge in [0, 0.05) is 17.3 Å². The summed E-state index contributed by atoms with van der Waals surface area (Å²) >= 11 is 0. The van der Waals surface area contributed by atoms with Gasteiger partial charge in [-0.2, -0.15) is 0 Å². The lowest BCUT2D eigenvalue weighted by Gasteiger charge is -2.20. The summed E-state index contributed by atoms with van der Waals surface area (Å²) in [5.74, 6) is 0.949. The van der Waals surface area contributed by atoms with Gasteiger partial charge in [0.25, 0.3) is 0 Å². The molecular weight excluding hydrogens is 284 g/mol. The Morgan fingerprint density at radius 2 is 1.22 bits per heavy atom. The zero-order valence-corrected chi connectivity index (χ0v) is 13.1. The quantitative estimate of drug-likeness (QED) is 0.565. The molecule has 0 fully saturated rings. The molecule has 0 amide bonds. The second kappa shape index (κ2) is 6.44. The van der Waals surface area contributed by atoms with Crippen molar-refractivity contribution < 1.29 is 4.74 Å². The van der Waals surface area contributed by atoms with E-state index >= 15 is 0 Å². The average molecular weight is 304 g/mol. The molecule has 3 aromatic carbocycles. The summed E-state index contributed by atoms with van der Waals surface area (Å²) in [6.07, 6.45) is 0. The van der Waals surface area contributed by atoms with Gasteiger partial charge in [0.1, 0.15) is 5.75 Å². The Bertz CT molecular complexity index is 734. The van der Waals surface area contributed by atoms with E-state index in [1.54, 1.807) is 7.11 Å². The van der Waals surface area contributed by atoms with Crippen LogP contribution in [0.5, 0.6) is 5.75 Å². The number of rotatable bonds is 4. The predicted molar refractivity (Wildman–Crippen MR) is 95.6 cm³/mol. The number of nitrogens with two attached hydrogens (primary N) is 2. The first-order chi connectivity index (χ1) is 11.2. The van der Waals surface area contributed by atoms with Gasteiger partial charge in [0.05, 0.1) is 7.11 Å². The van der Waals surface area contributed by atoms with Crippen LogP contribution in [0.3, 0.4) is 0 Å². The zero-order chi connectivity index (χ0) is 16.2. The Labute approximate surface area is 136 Å². The molecule has 3 rings (SSSR count). The SMILES string of the molecule is COc1cccc(C(c2ccc(N)cc2)c2ccc(N)cc2)c1. The highest BCUT2D eigenvalue weighted by atomic mass is 16.5. The van der Waals surface area contributed by atoms with Crippen LogP contribution in [0.25, 0.3) is 0 Å². The van der Waals surface area contributed by atoms with Crippen LogP contribution in [0.2, 0.25) is 0 Å². The lowest BCUT2D eigenvalue weighted by Crippen LogP contribution is -2.04. The number of hydrogen-bond donors (Lipinski definition) is 2. The molecule has 23 heavy (non-hydrogen) atoms. The van der Waals surface area contributed by atoms with E-state index in [9.17, 15) is 0 Å². The van der Waals surface area contributed by atoms with Crippen LogP contribution < -0.4 is 16.2 Å². The second-order valence-electron chi connectivity index (χ2n) is 5.54. The van der Waals surface area contributed by atoms with Crippen molar-refractivity contribution >= 4 is 11.4 Å². The molecule has 0 unspecified atom stereocenters. The highest BCUT2D eigenvalue weighted by Crippen LogP contribution is 2.34. The van der Waals surface area contributed by atoms with Crippen LogP contribution in [0, 0.1) is 0 Å². The standard InChI is InChI=1S/C20H20N2O/c1-23-19-4-2-3-16(13-19)20(14-5-9-17(21)10-6-14)15-7-11-18(22)12-8-15/h2-13,20H,21-22H2,1H3. The summed E-state index contributed by atoms with van der Waals surface area (Å²) in [6, 6.07) is 24.1. The van der Waals surface area contributed by atoms with E-state index in [2.05, 4.69) is 36.4 Å². The smallest absolute Gasteiger partial charge is 0.119 e. The van der Waals surface area contributed by atoms with Crippen molar-refractivity contribution in [2.75, 3.05) is 18.6 Å². The van der Waals surface area contributed by atoms with Gasteiger partial charge in [-0.15, -0.1) is 0 Å². The van der Waals surface area contributed by atoms with Gasteiger partial charge in [-0.1, -0.05) is 36.4 Å². The zero-order valence-electron chi connectivity index (χ0n) is 13.1. The van der Waals surface area contributed by atoms with Gasteiger partial charge in [-0.25, -0.2) is 0 Å². The third kappa shape index (κ3) is 3.29. The van der Waals surface area contributed by atoms with Crippen molar-refractivity contribution in [1.82, 2.24) is 0 Å². The molecule has 0 heterocycles. The van der Waals surface area contributed by atoms with Gasteiger partial charge in [-0.05, 0) is 53.1 Å². The summed E-state index contributed by atoms with van der Waals surface area (Å²) in [4.78, 5) is 0. The predicted octanol–water partition coefficient (Wildman–Crippen LogP) is 4.04. The molecule has 0 radical (unpaired) electrons. The first-order valence-electron chi connectivity index (χ1n) is 7.52. The van der Waals surface area contributed by atoms with E-state index in [0.29, 0.717) is 0 Å². The van der Waals surface area contributed by atoms with Crippen LogP contribution in [-0.2, 0) is 0 Å². The molecule has 0 aromatic heterocycles. The number of ether oxygens (including phenoxy) is 1. The van der Waals surface area contributed by atoms with Crippen molar-refractivity contribution in [2.24, 2.45) is 0 Å². The average Bonchev–Trinajstić information content (AvgIpc) is 2.59. The molecule has 116 valence electrons. The number of benzene rings is 3. The van der Waals surface area contributed by atoms with E-state index < -0.39 is 0 Å². The fourth-order valence-electron chi connectivity index (χ4n) is 2.78. The largest absolute Gasteiger partial charge is 0.497 e. The first kappa shape index (κ1) is 15.0. The fraction of sp³-hybridized carbons (Fsp3) is 0.100. The van der Waals surface area contributed by atoms with Gasteiger partial charge >= 0.3 is 0 Å². The molecule has 0 atom stereocenters. The molecule has 3 nitrogen and oxygen atoms in total. The summed E-state index contributed by atoms with van der Waals surface area (Å²) in [6.45, 7) is 0. The van der Waals surface area contributed by atoms with E-state index in [-0.39, 0.29) is 5.92 Å². The normalized spacial score (nSPS) is 10.7. The maximum absolute atomic E-state index is 5.83. The molecule has 3 aromatic rings. The Morgan fingerprint density at radius 3 is 1.70 bits per heavy atom. The second-order valence-corrected chi connectivity index (χ2v) is 5.54. The van der Waals surface area contributed by atoms with E-state index in [1.807, 2.05) is 36.4 Å². The lowest BCUT2D eigenvalue weighted by atomic mass is 9.85. The molecule has 0 aliphatic heterocycles. The van der Waals surface area contributed by atoms with Gasteiger partial charge in [0.2, 0.25) is 0 Å². The summed E-state index contributed by atoms with van der Waals surface area (Å²) in [5, 5.41) is 0. The maximum atomic E-state index is 5.83. The number of hydrogen-bond acceptors (Lipinski definition) is 3. The van der Waals surface area contributed by atoms with Gasteiger partial charge in [0.15, 0.2) is 0 Å². The van der Waals surface area contributed by atoms with Crippen molar-refractivity contribution in [2.45, 2.75) is 5.92 Å². The molecule has 0 aliphatic carbocycles. The van der Waals surface area contributed by atoms with Gasteiger partial charge < -0.3 is 16.2 Å². The monoisotopic (exact) mass is 304 g/mol. The molecule has 0 aliphatic rings. The Morgan fingerprint density at radius 1 is 0.696 bits per heavy atom. The Hall–Kier alpha value is -2.94. The number of methoxy groups -OCH3 is 1. The molecular formula is C20H20N2O. The minimum absolute atomic E-state index is 0.103. The molecule has 4 N–H and O–H groups in total. The van der Waals surface area contributed by atoms with Crippen LogP contribution in [0.1, 0.15) is 22.6 Å². The Balaban J connectivity index is 2.12. The van der Waals surface area contributed by atoms with Crippen LogP contribution in [0.15, 0.2) is 72.8 Å². The fourth-order valence-corrected chi connectivity index (χ4v) is 2.78. The van der Waals surface area contributed by atoms with Crippen LogP contribution in [0.4, 0.5) is 11.4 Å². The van der Waals surface area contributed by atoms with Crippen molar-refractivity contribution in [3.05, 3.63) is 89.5 Å². The first-order valence-corrected chi connectivity index (χ1v) is 7.52. The van der Waals surface area contributed by atoms with Gasteiger partial charge in [-0.3, -0.25) is 0 Å². The van der Waals surface area contributed by atoms with E-state index in [0.717, 1.165) is 17.1 Å². The third-order valence-corrected chi connectivity index (χ3v) is 3.97. The number of anilines is 2. The summed E-state index contributed by atoms with van der Waals surface area (Å²) < 4.78 is 5.37. The van der Waals surface area contributed by atoms with Crippen molar-refractivity contribution in [3.63, 3.8) is 0 Å². The van der Waals surface area contributed by atoms with Crippen molar-refractivity contribution in [1.29, 1.82) is 0 Å². The number of nitrogen functional groups attached to an aromatic ring is 2. The highest BCUT2D eigenvalue weighted by Gasteiger charge is 2.17. The third-order valence-electron chi connectivity index (χ3n) is 3.97. The topological polar surface area (TPSA) is 61.3 Å². The van der Waals surface area contributed by atoms with Crippen molar-refractivity contribution in [3.8, 4) is 5.75 Å². The lowest BCUT2D eigenvalue weighted by molar-refractivity contribution is 0.414. The molecule has 0 saturated carbocycles. The van der Waals surface area contributed by atoms with Crippen LogP contribution in [-0.4, -0.2) is 7.11 Å². The van der Waals surface area contributed by atoms with E-state index in [1.165, 1.54) is 16.7 Å². The minimum Gasteiger partial charge on any atom is -0.497 e. The molecule has 0 saturated heterocycles. The molecule has 3 heteroatoms. The van der Waals surface area contributed by atoms with E-state index in [4.69, 9.17) is 16.2 Å². The molecule has 0 spiro atoms. The summed E-state index contributed by atoms with van der Waals surface area (Å²) in [7, 11) is 1.68. The van der Waals surface area contributed by atoms with Crippen LogP contribution >= 0.6 is 0 Å².